The summed E-state index contributed by atoms with van der Waals surface area (Å²) in [5.41, 5.74) is 0.897. The van der Waals surface area contributed by atoms with E-state index in [9.17, 15) is 14.9 Å². The second kappa shape index (κ2) is 6.45. The largest absolute Gasteiger partial charge is 0.347 e. The molecule has 2 heterocycles. The summed E-state index contributed by atoms with van der Waals surface area (Å²) in [7, 11) is 0. The molecule has 1 aliphatic carbocycles. The Morgan fingerprint density at radius 1 is 1.61 bits per heavy atom. The standard InChI is InChI=1S/C14H17N5O3S/c1-9-8-23-14(16-9)13(10-2-3-10)17-12(20)4-5-18-7-11(6-15-18)19(21)22/h6-8,10,13H,2-5H2,1H3,(H,17,20). The maximum atomic E-state index is 12.2. The Kier molecular flexibility index (Phi) is 4.37. The third kappa shape index (κ3) is 3.92. The summed E-state index contributed by atoms with van der Waals surface area (Å²) in [5, 5.41) is 20.5. The Balaban J connectivity index is 1.56. The number of aromatic nitrogens is 3. The molecule has 1 fully saturated rings. The second-order valence-electron chi connectivity index (χ2n) is 5.68. The predicted molar refractivity (Wildman–Crippen MR) is 84.0 cm³/mol. The molecule has 1 amide bonds. The van der Waals surface area contributed by atoms with Gasteiger partial charge in [0.2, 0.25) is 5.91 Å². The van der Waals surface area contributed by atoms with Gasteiger partial charge in [-0.15, -0.1) is 11.3 Å². The van der Waals surface area contributed by atoms with Gasteiger partial charge in [0.05, 0.1) is 11.0 Å². The number of nitrogens with zero attached hydrogens (tertiary/aromatic N) is 4. The first-order valence-corrected chi connectivity index (χ1v) is 8.29. The lowest BCUT2D eigenvalue weighted by atomic mass is 10.2. The monoisotopic (exact) mass is 335 g/mol. The summed E-state index contributed by atoms with van der Waals surface area (Å²) in [4.78, 5) is 26.8. The van der Waals surface area contributed by atoms with Crippen LogP contribution in [-0.2, 0) is 11.3 Å². The van der Waals surface area contributed by atoms with Gasteiger partial charge < -0.3 is 5.32 Å². The molecule has 1 N–H and O–H groups in total. The maximum Gasteiger partial charge on any atom is 0.306 e. The smallest absolute Gasteiger partial charge is 0.306 e. The SMILES string of the molecule is Cc1csc(C(NC(=O)CCn2cc([N+](=O)[O-])cn2)C2CC2)n1. The molecule has 0 spiro atoms. The minimum absolute atomic E-state index is 0.0202. The molecule has 1 aliphatic rings. The Bertz CT molecular complexity index is 722. The lowest BCUT2D eigenvalue weighted by Gasteiger charge is -2.15. The molecule has 1 saturated carbocycles. The van der Waals surface area contributed by atoms with Gasteiger partial charge in [0.1, 0.15) is 17.4 Å². The third-order valence-electron chi connectivity index (χ3n) is 3.71. The van der Waals surface area contributed by atoms with Crippen molar-refractivity contribution in [2.45, 2.75) is 38.8 Å². The van der Waals surface area contributed by atoms with Gasteiger partial charge in [-0.3, -0.25) is 19.6 Å². The third-order valence-corrected chi connectivity index (χ3v) is 4.76. The lowest BCUT2D eigenvalue weighted by Crippen LogP contribution is -2.30. The number of nitrogens with one attached hydrogen (secondary N) is 1. The Labute approximate surface area is 136 Å². The Morgan fingerprint density at radius 2 is 2.39 bits per heavy atom. The number of carbonyl (C=O) groups is 1. The quantitative estimate of drug-likeness (QED) is 0.617. The molecule has 0 aromatic carbocycles. The van der Waals surface area contributed by atoms with Gasteiger partial charge in [0.15, 0.2) is 0 Å². The molecule has 1 atom stereocenters. The molecule has 0 aliphatic heterocycles. The van der Waals surface area contributed by atoms with Crippen molar-refractivity contribution < 1.29 is 9.72 Å². The van der Waals surface area contributed by atoms with Crippen molar-refractivity contribution in [2.24, 2.45) is 5.92 Å². The van der Waals surface area contributed by atoms with Gasteiger partial charge in [-0.25, -0.2) is 4.98 Å². The number of thiazole rings is 1. The highest BCUT2D eigenvalue weighted by molar-refractivity contribution is 7.09. The van der Waals surface area contributed by atoms with Crippen molar-refractivity contribution >= 4 is 22.9 Å². The molecule has 3 rings (SSSR count). The number of hydrogen-bond acceptors (Lipinski definition) is 6. The second-order valence-corrected chi connectivity index (χ2v) is 6.57. The zero-order valence-corrected chi connectivity index (χ0v) is 13.5. The van der Waals surface area contributed by atoms with Crippen molar-refractivity contribution in [3.63, 3.8) is 0 Å². The van der Waals surface area contributed by atoms with Crippen LogP contribution >= 0.6 is 11.3 Å². The van der Waals surface area contributed by atoms with Gasteiger partial charge in [-0.05, 0) is 25.7 Å². The molecule has 2 aromatic heterocycles. The van der Waals surface area contributed by atoms with E-state index in [2.05, 4.69) is 15.4 Å². The van der Waals surface area contributed by atoms with E-state index in [1.165, 1.54) is 17.1 Å². The fourth-order valence-electron chi connectivity index (χ4n) is 2.36. The van der Waals surface area contributed by atoms with E-state index in [1.807, 2.05) is 12.3 Å². The highest BCUT2D eigenvalue weighted by Gasteiger charge is 2.35. The minimum Gasteiger partial charge on any atom is -0.347 e. The summed E-state index contributed by atoms with van der Waals surface area (Å²) >= 11 is 1.57. The van der Waals surface area contributed by atoms with Crippen LogP contribution < -0.4 is 5.32 Å². The summed E-state index contributed by atoms with van der Waals surface area (Å²) in [6, 6.07) is -0.0202. The average molecular weight is 335 g/mol. The van der Waals surface area contributed by atoms with Crippen molar-refractivity contribution in [2.75, 3.05) is 0 Å². The molecule has 122 valence electrons. The normalized spacial score (nSPS) is 15.3. The number of aryl methyl sites for hydroxylation is 2. The predicted octanol–water partition coefficient (Wildman–Crippen LogP) is 2.21. The molecule has 0 radical (unpaired) electrons. The molecule has 23 heavy (non-hydrogen) atoms. The first-order chi connectivity index (χ1) is 11.0. The molecule has 2 aromatic rings. The van der Waals surface area contributed by atoms with E-state index in [-0.39, 0.29) is 24.1 Å². The maximum absolute atomic E-state index is 12.2. The summed E-state index contributed by atoms with van der Waals surface area (Å²) in [6.07, 6.45) is 4.95. The highest BCUT2D eigenvalue weighted by atomic mass is 32.1. The molecular formula is C14H17N5O3S. The van der Waals surface area contributed by atoms with E-state index in [4.69, 9.17) is 0 Å². The van der Waals surface area contributed by atoms with Crippen LogP contribution in [0.25, 0.3) is 0 Å². The highest BCUT2D eigenvalue weighted by Crippen LogP contribution is 2.41. The zero-order valence-electron chi connectivity index (χ0n) is 12.6. The van der Waals surface area contributed by atoms with Crippen LogP contribution in [0.4, 0.5) is 5.69 Å². The number of nitro groups is 1. The molecule has 0 saturated heterocycles. The van der Waals surface area contributed by atoms with E-state index in [0.29, 0.717) is 12.5 Å². The van der Waals surface area contributed by atoms with Crippen LogP contribution in [0.15, 0.2) is 17.8 Å². The van der Waals surface area contributed by atoms with Crippen molar-refractivity contribution in [1.29, 1.82) is 0 Å². The molecule has 8 nitrogen and oxygen atoms in total. The van der Waals surface area contributed by atoms with Crippen molar-refractivity contribution in [1.82, 2.24) is 20.1 Å². The van der Waals surface area contributed by atoms with Gasteiger partial charge in [-0.2, -0.15) is 5.10 Å². The van der Waals surface area contributed by atoms with E-state index in [0.717, 1.165) is 23.5 Å². The number of rotatable bonds is 7. The topological polar surface area (TPSA) is 103 Å². The van der Waals surface area contributed by atoms with Crippen LogP contribution in [0.3, 0.4) is 0 Å². The average Bonchev–Trinajstić information content (AvgIpc) is 3.07. The zero-order chi connectivity index (χ0) is 16.4. The van der Waals surface area contributed by atoms with Gasteiger partial charge in [0, 0.05) is 24.0 Å². The fourth-order valence-corrected chi connectivity index (χ4v) is 3.30. The van der Waals surface area contributed by atoms with Crippen LogP contribution in [0.1, 0.15) is 36.0 Å². The van der Waals surface area contributed by atoms with Crippen LogP contribution in [0.5, 0.6) is 0 Å². The molecule has 1 unspecified atom stereocenters. The first kappa shape index (κ1) is 15.6. The molecule has 9 heteroatoms. The lowest BCUT2D eigenvalue weighted by molar-refractivity contribution is -0.385. The number of carbonyl (C=O) groups excluding carboxylic acids is 1. The summed E-state index contributed by atoms with van der Waals surface area (Å²) in [6.45, 7) is 2.25. The van der Waals surface area contributed by atoms with E-state index >= 15 is 0 Å². The number of amides is 1. The summed E-state index contributed by atoms with van der Waals surface area (Å²) in [5.74, 6) is 0.378. The van der Waals surface area contributed by atoms with Gasteiger partial charge >= 0.3 is 5.69 Å². The Morgan fingerprint density at radius 3 is 2.96 bits per heavy atom. The fraction of sp³-hybridized carbons (Fsp3) is 0.500. The van der Waals surface area contributed by atoms with Gasteiger partial charge in [-0.1, -0.05) is 0 Å². The van der Waals surface area contributed by atoms with Gasteiger partial charge in [0.25, 0.3) is 0 Å². The van der Waals surface area contributed by atoms with Crippen LogP contribution in [0, 0.1) is 23.0 Å². The van der Waals surface area contributed by atoms with Crippen LogP contribution in [0.2, 0.25) is 0 Å². The van der Waals surface area contributed by atoms with Crippen molar-refractivity contribution in [3.05, 3.63) is 38.6 Å². The number of hydrogen-bond donors (Lipinski definition) is 1. The first-order valence-electron chi connectivity index (χ1n) is 7.41. The van der Waals surface area contributed by atoms with E-state index < -0.39 is 4.92 Å². The van der Waals surface area contributed by atoms with Crippen molar-refractivity contribution in [3.8, 4) is 0 Å². The minimum atomic E-state index is -0.502. The van der Waals surface area contributed by atoms with Crippen LogP contribution in [-0.4, -0.2) is 25.6 Å². The summed E-state index contributed by atoms with van der Waals surface area (Å²) < 4.78 is 1.41. The van der Waals surface area contributed by atoms with E-state index in [1.54, 1.807) is 11.3 Å². The molecular weight excluding hydrogens is 318 g/mol. The Hall–Kier alpha value is -2.29. The molecule has 0 bridgehead atoms.